The maximum atomic E-state index is 12.4. The van der Waals surface area contributed by atoms with Crippen LogP contribution in [0.4, 0.5) is 4.79 Å². The molecule has 0 atom stereocenters. The standard InChI is InChI=1S/C22H30N6O3/c29-21(23-15-20-25-24-19-9-5-2-6-10-28(19)20)16-26-11-13-27(14-12-26)22(30)31-17-18-7-3-1-4-8-18/h1,3-4,7-8H,2,5-6,9-17H2,(H,23,29). The van der Waals surface area contributed by atoms with Gasteiger partial charge in [0.1, 0.15) is 12.4 Å². The van der Waals surface area contributed by atoms with Crippen LogP contribution in [0.2, 0.25) is 0 Å². The van der Waals surface area contributed by atoms with E-state index in [0.29, 0.717) is 39.3 Å². The largest absolute Gasteiger partial charge is 0.445 e. The van der Waals surface area contributed by atoms with Crippen molar-refractivity contribution < 1.29 is 14.3 Å². The Hall–Kier alpha value is -2.94. The van der Waals surface area contributed by atoms with Crippen LogP contribution in [0.3, 0.4) is 0 Å². The summed E-state index contributed by atoms with van der Waals surface area (Å²) in [6.07, 6.45) is 4.14. The number of nitrogens with one attached hydrogen (secondary N) is 1. The Morgan fingerprint density at radius 1 is 0.968 bits per heavy atom. The third-order valence-electron chi connectivity index (χ3n) is 5.83. The van der Waals surface area contributed by atoms with Crippen molar-refractivity contribution in [3.8, 4) is 0 Å². The maximum Gasteiger partial charge on any atom is 0.410 e. The van der Waals surface area contributed by atoms with Crippen molar-refractivity contribution in [2.75, 3.05) is 32.7 Å². The lowest BCUT2D eigenvalue weighted by atomic mass is 10.2. The first-order valence-electron chi connectivity index (χ1n) is 11.0. The van der Waals surface area contributed by atoms with Gasteiger partial charge in [0.15, 0.2) is 5.82 Å². The summed E-state index contributed by atoms with van der Waals surface area (Å²) in [5, 5.41) is 11.5. The summed E-state index contributed by atoms with van der Waals surface area (Å²) in [5.74, 6) is 1.82. The highest BCUT2D eigenvalue weighted by molar-refractivity contribution is 5.78. The molecule has 1 aromatic heterocycles. The number of hydrogen-bond acceptors (Lipinski definition) is 6. The van der Waals surface area contributed by atoms with Gasteiger partial charge in [-0.3, -0.25) is 9.69 Å². The zero-order chi connectivity index (χ0) is 21.5. The summed E-state index contributed by atoms with van der Waals surface area (Å²) < 4.78 is 7.54. The van der Waals surface area contributed by atoms with Crippen LogP contribution in [-0.4, -0.2) is 69.3 Å². The van der Waals surface area contributed by atoms with Gasteiger partial charge in [0.25, 0.3) is 0 Å². The van der Waals surface area contributed by atoms with Crippen LogP contribution in [0.1, 0.15) is 36.5 Å². The zero-order valence-electron chi connectivity index (χ0n) is 17.8. The number of ether oxygens (including phenoxy) is 1. The molecular weight excluding hydrogens is 396 g/mol. The molecular formula is C22H30N6O3. The van der Waals surface area contributed by atoms with Gasteiger partial charge in [0.2, 0.25) is 5.91 Å². The molecule has 1 aromatic carbocycles. The van der Waals surface area contributed by atoms with Crippen molar-refractivity contribution in [2.45, 2.75) is 45.4 Å². The molecule has 2 aliphatic heterocycles. The molecule has 1 saturated heterocycles. The molecule has 2 amide bonds. The van der Waals surface area contributed by atoms with E-state index < -0.39 is 0 Å². The third-order valence-corrected chi connectivity index (χ3v) is 5.83. The molecule has 0 saturated carbocycles. The van der Waals surface area contributed by atoms with E-state index >= 15 is 0 Å². The second-order valence-corrected chi connectivity index (χ2v) is 8.07. The van der Waals surface area contributed by atoms with E-state index in [1.807, 2.05) is 30.3 Å². The number of fused-ring (bicyclic) bond motifs is 1. The first-order chi connectivity index (χ1) is 15.2. The average molecular weight is 427 g/mol. The molecule has 1 fully saturated rings. The van der Waals surface area contributed by atoms with E-state index in [1.165, 1.54) is 6.42 Å². The van der Waals surface area contributed by atoms with Gasteiger partial charge in [-0.05, 0) is 18.4 Å². The SMILES string of the molecule is O=C(CN1CCN(C(=O)OCc2ccccc2)CC1)NCc1nnc2n1CCCCC2. The van der Waals surface area contributed by atoms with Crippen LogP contribution in [0, 0.1) is 0 Å². The summed E-state index contributed by atoms with van der Waals surface area (Å²) in [5.41, 5.74) is 0.968. The first-order valence-corrected chi connectivity index (χ1v) is 11.0. The number of aryl methyl sites for hydroxylation is 1. The minimum atomic E-state index is -0.305. The Morgan fingerprint density at radius 2 is 1.77 bits per heavy atom. The Morgan fingerprint density at radius 3 is 2.58 bits per heavy atom. The molecule has 0 unspecified atom stereocenters. The van der Waals surface area contributed by atoms with E-state index in [1.54, 1.807) is 4.90 Å². The van der Waals surface area contributed by atoms with Crippen LogP contribution >= 0.6 is 0 Å². The predicted octanol–water partition coefficient (Wildman–Crippen LogP) is 1.58. The highest BCUT2D eigenvalue weighted by atomic mass is 16.6. The second-order valence-electron chi connectivity index (χ2n) is 8.07. The smallest absolute Gasteiger partial charge is 0.410 e. The molecule has 9 nitrogen and oxygen atoms in total. The van der Waals surface area contributed by atoms with Crippen molar-refractivity contribution in [3.63, 3.8) is 0 Å². The van der Waals surface area contributed by atoms with Crippen LogP contribution in [0.25, 0.3) is 0 Å². The van der Waals surface area contributed by atoms with Crippen LogP contribution in [0.15, 0.2) is 30.3 Å². The third kappa shape index (κ3) is 5.81. The predicted molar refractivity (Wildman–Crippen MR) is 114 cm³/mol. The summed E-state index contributed by atoms with van der Waals surface area (Å²) in [6.45, 7) is 4.32. The Labute approximate surface area is 182 Å². The molecule has 31 heavy (non-hydrogen) atoms. The molecule has 3 heterocycles. The average Bonchev–Trinajstić information content (AvgIpc) is 3.03. The van der Waals surface area contributed by atoms with Crippen LogP contribution in [-0.2, 0) is 35.6 Å². The summed E-state index contributed by atoms with van der Waals surface area (Å²) in [7, 11) is 0. The van der Waals surface area contributed by atoms with Crippen molar-refractivity contribution in [1.82, 2.24) is 29.9 Å². The quantitative estimate of drug-likeness (QED) is 0.754. The minimum absolute atomic E-state index is 0.0360. The highest BCUT2D eigenvalue weighted by Gasteiger charge is 2.23. The number of carbonyl (C=O) groups is 2. The fraction of sp³-hybridized carbons (Fsp3) is 0.545. The Kier molecular flexibility index (Phi) is 7.14. The van der Waals surface area contributed by atoms with Gasteiger partial charge in [0.05, 0.1) is 13.1 Å². The number of piperazine rings is 1. The van der Waals surface area contributed by atoms with Crippen molar-refractivity contribution >= 4 is 12.0 Å². The topological polar surface area (TPSA) is 92.6 Å². The van der Waals surface area contributed by atoms with Crippen molar-refractivity contribution in [1.29, 1.82) is 0 Å². The number of benzene rings is 1. The van der Waals surface area contributed by atoms with E-state index in [-0.39, 0.29) is 18.6 Å². The molecule has 0 aliphatic carbocycles. The second kappa shape index (κ2) is 10.4. The Balaban J connectivity index is 1.16. The molecule has 0 spiro atoms. The van der Waals surface area contributed by atoms with Gasteiger partial charge in [-0.15, -0.1) is 10.2 Å². The normalized spacial score (nSPS) is 17.0. The fourth-order valence-electron chi connectivity index (χ4n) is 4.01. The first kappa shape index (κ1) is 21.3. The van der Waals surface area contributed by atoms with Crippen LogP contribution in [0.5, 0.6) is 0 Å². The highest BCUT2D eigenvalue weighted by Crippen LogP contribution is 2.14. The van der Waals surface area contributed by atoms with Crippen molar-refractivity contribution in [2.24, 2.45) is 0 Å². The molecule has 4 rings (SSSR count). The number of rotatable bonds is 6. The van der Waals surface area contributed by atoms with Gasteiger partial charge in [-0.1, -0.05) is 36.8 Å². The Bertz CT molecular complexity index is 877. The van der Waals surface area contributed by atoms with E-state index in [9.17, 15) is 9.59 Å². The lowest BCUT2D eigenvalue weighted by Gasteiger charge is -2.33. The maximum absolute atomic E-state index is 12.4. The van der Waals surface area contributed by atoms with Gasteiger partial charge in [-0.25, -0.2) is 4.79 Å². The molecule has 1 N–H and O–H groups in total. The number of hydrogen-bond donors (Lipinski definition) is 1. The summed E-state index contributed by atoms with van der Waals surface area (Å²) >= 11 is 0. The fourth-order valence-corrected chi connectivity index (χ4v) is 4.01. The lowest BCUT2D eigenvalue weighted by Crippen LogP contribution is -2.51. The monoisotopic (exact) mass is 426 g/mol. The van der Waals surface area contributed by atoms with Crippen LogP contribution < -0.4 is 5.32 Å². The number of aromatic nitrogens is 3. The van der Waals surface area contributed by atoms with Gasteiger partial charge in [-0.2, -0.15) is 0 Å². The van der Waals surface area contributed by atoms with E-state index in [4.69, 9.17) is 4.74 Å². The summed E-state index contributed by atoms with van der Waals surface area (Å²) in [4.78, 5) is 28.4. The van der Waals surface area contributed by atoms with Crippen molar-refractivity contribution in [3.05, 3.63) is 47.5 Å². The number of amides is 2. The number of nitrogens with zero attached hydrogens (tertiary/aromatic N) is 5. The summed E-state index contributed by atoms with van der Waals surface area (Å²) in [6, 6.07) is 9.64. The van der Waals surface area contributed by atoms with Gasteiger partial charge < -0.3 is 19.5 Å². The van der Waals surface area contributed by atoms with Gasteiger partial charge >= 0.3 is 6.09 Å². The lowest BCUT2D eigenvalue weighted by molar-refractivity contribution is -0.122. The van der Waals surface area contributed by atoms with E-state index in [0.717, 1.165) is 43.0 Å². The molecule has 2 aromatic rings. The minimum Gasteiger partial charge on any atom is -0.445 e. The molecule has 166 valence electrons. The van der Waals surface area contributed by atoms with E-state index in [2.05, 4.69) is 25.0 Å². The zero-order valence-corrected chi connectivity index (χ0v) is 17.8. The molecule has 0 bridgehead atoms. The molecule has 2 aliphatic rings. The number of carbonyl (C=O) groups excluding carboxylic acids is 2. The van der Waals surface area contributed by atoms with Gasteiger partial charge in [0, 0.05) is 39.1 Å². The molecule has 9 heteroatoms. The molecule has 0 radical (unpaired) electrons.